The third kappa shape index (κ3) is 2.31. The molecular formula is C21H28O3. The maximum atomic E-state index is 11.8. The molecular weight excluding hydrogens is 300 g/mol. The molecule has 2 fully saturated rings. The van der Waals surface area contributed by atoms with E-state index >= 15 is 0 Å². The fraction of sp³-hybridized carbons (Fsp3) is 0.714. The number of allylic oxidation sites excluding steroid dienone is 4. The molecule has 0 bridgehead atoms. The standard InChI is InChI=1S/C21H28O3/c1-12-10-14-11-15(23)4-5-16(14)17-8-9-21(3)18(20(12)17)6-7-19(21)24-13(2)22/h10-11,16-20H,4-9H2,1-3H3/t16?,17-,18+,19+,20-,21+/m1/s1. The van der Waals surface area contributed by atoms with Gasteiger partial charge in [0.2, 0.25) is 0 Å². The van der Waals surface area contributed by atoms with Crippen LogP contribution in [0.15, 0.2) is 23.3 Å². The minimum atomic E-state index is -0.143. The highest BCUT2D eigenvalue weighted by Gasteiger charge is 2.57. The Bertz CT molecular complexity index is 643. The van der Waals surface area contributed by atoms with E-state index in [0.717, 1.165) is 25.7 Å². The summed E-state index contributed by atoms with van der Waals surface area (Å²) in [6.45, 7) is 6.13. The first-order chi connectivity index (χ1) is 11.4. The van der Waals surface area contributed by atoms with Crippen molar-refractivity contribution in [2.45, 2.75) is 65.4 Å². The van der Waals surface area contributed by atoms with Crippen molar-refractivity contribution in [1.82, 2.24) is 0 Å². The van der Waals surface area contributed by atoms with Crippen LogP contribution in [0, 0.1) is 29.1 Å². The molecule has 0 spiro atoms. The highest BCUT2D eigenvalue weighted by molar-refractivity contribution is 5.92. The van der Waals surface area contributed by atoms with E-state index in [9.17, 15) is 9.59 Å². The lowest BCUT2D eigenvalue weighted by Crippen LogP contribution is -2.48. The number of carbonyl (C=O) groups is 2. The summed E-state index contributed by atoms with van der Waals surface area (Å²) in [5.41, 5.74) is 2.84. The Balaban J connectivity index is 1.68. The van der Waals surface area contributed by atoms with Crippen LogP contribution in [0.5, 0.6) is 0 Å². The van der Waals surface area contributed by atoms with Gasteiger partial charge in [0, 0.05) is 18.8 Å². The topological polar surface area (TPSA) is 43.4 Å². The summed E-state index contributed by atoms with van der Waals surface area (Å²) in [4.78, 5) is 23.3. The van der Waals surface area contributed by atoms with Crippen molar-refractivity contribution in [2.24, 2.45) is 29.1 Å². The fourth-order valence-corrected chi connectivity index (χ4v) is 6.42. The maximum Gasteiger partial charge on any atom is 0.302 e. The van der Waals surface area contributed by atoms with Gasteiger partial charge >= 0.3 is 5.97 Å². The lowest BCUT2D eigenvalue weighted by molar-refractivity contribution is -0.155. The third-order valence-electron chi connectivity index (χ3n) is 7.44. The number of fused-ring (bicyclic) bond motifs is 5. The number of ketones is 1. The summed E-state index contributed by atoms with van der Waals surface area (Å²) in [7, 11) is 0. The summed E-state index contributed by atoms with van der Waals surface area (Å²) < 4.78 is 5.70. The molecule has 4 aliphatic carbocycles. The van der Waals surface area contributed by atoms with Crippen molar-refractivity contribution < 1.29 is 14.3 Å². The molecule has 0 amide bonds. The smallest absolute Gasteiger partial charge is 0.302 e. The predicted molar refractivity (Wildman–Crippen MR) is 92.2 cm³/mol. The summed E-state index contributed by atoms with van der Waals surface area (Å²) in [6.07, 6.45) is 10.5. The first-order valence-electron chi connectivity index (χ1n) is 9.50. The highest BCUT2D eigenvalue weighted by Crippen LogP contribution is 2.62. The molecule has 6 atom stereocenters. The van der Waals surface area contributed by atoms with Crippen LogP contribution in [0.3, 0.4) is 0 Å². The van der Waals surface area contributed by atoms with Crippen LogP contribution in [-0.4, -0.2) is 17.9 Å². The Kier molecular flexibility index (Phi) is 3.74. The van der Waals surface area contributed by atoms with Crippen molar-refractivity contribution in [3.05, 3.63) is 23.3 Å². The number of hydrogen-bond acceptors (Lipinski definition) is 3. The number of ether oxygens (including phenoxy) is 1. The van der Waals surface area contributed by atoms with Gasteiger partial charge in [-0.3, -0.25) is 9.59 Å². The van der Waals surface area contributed by atoms with Gasteiger partial charge in [0.25, 0.3) is 0 Å². The van der Waals surface area contributed by atoms with E-state index in [4.69, 9.17) is 4.74 Å². The van der Waals surface area contributed by atoms with Gasteiger partial charge in [0.15, 0.2) is 5.78 Å². The summed E-state index contributed by atoms with van der Waals surface area (Å²) >= 11 is 0. The summed E-state index contributed by atoms with van der Waals surface area (Å²) in [5, 5.41) is 0. The highest BCUT2D eigenvalue weighted by atomic mass is 16.5. The first kappa shape index (κ1) is 16.1. The van der Waals surface area contributed by atoms with Gasteiger partial charge in [-0.2, -0.15) is 0 Å². The molecule has 130 valence electrons. The number of hydrogen-bond donors (Lipinski definition) is 0. The molecule has 0 aliphatic heterocycles. The molecule has 24 heavy (non-hydrogen) atoms. The van der Waals surface area contributed by atoms with Crippen LogP contribution in [0.4, 0.5) is 0 Å². The van der Waals surface area contributed by atoms with Gasteiger partial charge in [-0.1, -0.05) is 18.6 Å². The molecule has 0 saturated heterocycles. The summed E-state index contributed by atoms with van der Waals surface area (Å²) in [6, 6.07) is 0. The van der Waals surface area contributed by atoms with Crippen molar-refractivity contribution in [2.75, 3.05) is 0 Å². The van der Waals surface area contributed by atoms with E-state index < -0.39 is 0 Å². The van der Waals surface area contributed by atoms with E-state index in [1.165, 1.54) is 24.5 Å². The van der Waals surface area contributed by atoms with Crippen molar-refractivity contribution >= 4 is 11.8 Å². The number of esters is 1. The zero-order valence-electron chi connectivity index (χ0n) is 15.0. The van der Waals surface area contributed by atoms with E-state index in [0.29, 0.717) is 35.9 Å². The predicted octanol–water partition coefficient (Wildman–Crippen LogP) is 4.23. The Hall–Kier alpha value is -1.38. The Morgan fingerprint density at radius 2 is 2.00 bits per heavy atom. The molecule has 0 aromatic carbocycles. The zero-order chi connectivity index (χ0) is 17.1. The van der Waals surface area contributed by atoms with E-state index in [-0.39, 0.29) is 17.5 Å². The average Bonchev–Trinajstić information content (AvgIpc) is 2.83. The Labute approximate surface area is 144 Å². The lowest BCUT2D eigenvalue weighted by Gasteiger charge is -2.53. The number of rotatable bonds is 1. The van der Waals surface area contributed by atoms with E-state index in [1.54, 1.807) is 0 Å². The van der Waals surface area contributed by atoms with Crippen molar-refractivity contribution in [3.63, 3.8) is 0 Å². The number of carbonyl (C=O) groups excluding carboxylic acids is 2. The fourth-order valence-electron chi connectivity index (χ4n) is 6.42. The largest absolute Gasteiger partial charge is 0.462 e. The molecule has 0 N–H and O–H groups in total. The second-order valence-corrected chi connectivity index (χ2v) is 8.66. The van der Waals surface area contributed by atoms with Crippen LogP contribution in [0.1, 0.15) is 59.3 Å². The molecule has 2 saturated carbocycles. The van der Waals surface area contributed by atoms with Gasteiger partial charge in [-0.05, 0) is 74.3 Å². The van der Waals surface area contributed by atoms with Gasteiger partial charge in [0.05, 0.1) is 0 Å². The molecule has 4 rings (SSSR count). The Morgan fingerprint density at radius 1 is 1.21 bits per heavy atom. The Morgan fingerprint density at radius 3 is 2.75 bits per heavy atom. The van der Waals surface area contributed by atoms with Crippen LogP contribution >= 0.6 is 0 Å². The molecule has 0 aromatic rings. The third-order valence-corrected chi connectivity index (χ3v) is 7.44. The second-order valence-electron chi connectivity index (χ2n) is 8.66. The molecule has 0 heterocycles. The molecule has 3 nitrogen and oxygen atoms in total. The quantitative estimate of drug-likeness (QED) is 0.677. The van der Waals surface area contributed by atoms with Crippen molar-refractivity contribution in [3.8, 4) is 0 Å². The normalized spacial score (nSPS) is 44.0. The van der Waals surface area contributed by atoms with Crippen molar-refractivity contribution in [1.29, 1.82) is 0 Å². The van der Waals surface area contributed by atoms with Gasteiger partial charge in [-0.15, -0.1) is 0 Å². The van der Waals surface area contributed by atoms with E-state index in [2.05, 4.69) is 19.9 Å². The molecule has 0 radical (unpaired) electrons. The molecule has 0 aromatic heterocycles. The monoisotopic (exact) mass is 328 g/mol. The summed E-state index contributed by atoms with van der Waals surface area (Å²) in [5.74, 6) is 2.59. The lowest BCUT2D eigenvalue weighted by atomic mass is 9.52. The van der Waals surface area contributed by atoms with Gasteiger partial charge < -0.3 is 4.74 Å². The SMILES string of the molecule is CC(=O)O[C@H]1CC[C@H]2[C@@H]3C(C)=CC4=CC(=O)CCC4[C@H]3CC[C@]12C. The van der Waals surface area contributed by atoms with Crippen LogP contribution in [0.25, 0.3) is 0 Å². The minimum absolute atomic E-state index is 0.0821. The van der Waals surface area contributed by atoms with Gasteiger partial charge in [-0.25, -0.2) is 0 Å². The molecule has 1 unspecified atom stereocenters. The van der Waals surface area contributed by atoms with Crippen LogP contribution in [-0.2, 0) is 14.3 Å². The average molecular weight is 328 g/mol. The first-order valence-corrected chi connectivity index (χ1v) is 9.50. The van der Waals surface area contributed by atoms with E-state index in [1.807, 2.05) is 6.08 Å². The maximum absolute atomic E-state index is 11.8. The zero-order valence-corrected chi connectivity index (χ0v) is 15.0. The molecule has 4 aliphatic rings. The van der Waals surface area contributed by atoms with Gasteiger partial charge in [0.1, 0.15) is 6.10 Å². The van der Waals surface area contributed by atoms with Crippen LogP contribution in [0.2, 0.25) is 0 Å². The molecule has 3 heteroatoms. The van der Waals surface area contributed by atoms with Crippen LogP contribution < -0.4 is 0 Å². The minimum Gasteiger partial charge on any atom is -0.462 e. The second kappa shape index (κ2) is 5.57.